The summed E-state index contributed by atoms with van der Waals surface area (Å²) in [5.41, 5.74) is 0.773. The molecule has 4 aromatic rings. The predicted molar refractivity (Wildman–Crippen MR) is 122 cm³/mol. The third-order valence-electron chi connectivity index (χ3n) is 4.53. The van der Waals surface area contributed by atoms with E-state index in [1.165, 1.54) is 6.07 Å². The van der Waals surface area contributed by atoms with Crippen LogP contribution < -0.4 is 15.6 Å². The summed E-state index contributed by atoms with van der Waals surface area (Å²) in [6.07, 6.45) is 0. The number of carbonyl (C=O) groups excluding carboxylic acids is 1. The molecule has 0 atom stereocenters. The van der Waals surface area contributed by atoms with E-state index in [-0.39, 0.29) is 11.4 Å². The van der Waals surface area contributed by atoms with Crippen molar-refractivity contribution in [3.63, 3.8) is 0 Å². The van der Waals surface area contributed by atoms with Crippen LogP contribution in [0.5, 0.6) is 17.2 Å². The molecule has 1 amide bonds. The van der Waals surface area contributed by atoms with Gasteiger partial charge in [-0.2, -0.15) is 9.78 Å². The quantitative estimate of drug-likeness (QED) is 0.451. The van der Waals surface area contributed by atoms with E-state index in [4.69, 9.17) is 16.3 Å². The number of nitrogens with zero attached hydrogens (tertiary/aromatic N) is 2. The number of para-hydroxylation sites is 1. The number of amides is 1. The number of ether oxygens (including phenoxy) is 1. The Morgan fingerprint density at radius 2 is 1.81 bits per heavy atom. The summed E-state index contributed by atoms with van der Waals surface area (Å²) in [5.74, 6) is -0.354. The van der Waals surface area contributed by atoms with Crippen molar-refractivity contribution >= 4 is 23.2 Å². The molecule has 0 unspecified atom stereocenters. The second kappa shape index (κ2) is 8.95. The molecule has 0 aliphatic carbocycles. The number of carbonyl (C=O) groups is 1. The lowest BCUT2D eigenvalue weighted by Gasteiger charge is -2.14. The number of hydrogen-bond acceptors (Lipinski definition) is 5. The summed E-state index contributed by atoms with van der Waals surface area (Å²) in [6, 6.07) is 21.8. The zero-order chi connectivity index (χ0) is 22.7. The molecule has 2 N–H and O–H groups in total. The highest BCUT2D eigenvalue weighted by molar-refractivity contribution is 6.31. The zero-order valence-electron chi connectivity index (χ0n) is 16.9. The zero-order valence-corrected chi connectivity index (χ0v) is 17.7. The highest BCUT2D eigenvalue weighted by atomic mass is 35.5. The Kier molecular flexibility index (Phi) is 5.91. The molecule has 0 saturated carbocycles. The molecule has 0 saturated heterocycles. The maximum Gasteiger partial charge on any atom is 0.280 e. The van der Waals surface area contributed by atoms with Gasteiger partial charge < -0.3 is 15.2 Å². The lowest BCUT2D eigenvalue weighted by Crippen LogP contribution is -2.25. The van der Waals surface area contributed by atoms with Gasteiger partial charge in [0.1, 0.15) is 5.75 Å². The molecule has 4 rings (SSSR count). The summed E-state index contributed by atoms with van der Waals surface area (Å²) in [4.78, 5) is 25.3. The number of aromatic nitrogens is 2. The number of halogens is 1. The van der Waals surface area contributed by atoms with E-state index in [9.17, 15) is 14.7 Å². The van der Waals surface area contributed by atoms with Crippen LogP contribution in [-0.4, -0.2) is 20.8 Å². The smallest absolute Gasteiger partial charge is 0.280 e. The van der Waals surface area contributed by atoms with Crippen molar-refractivity contribution in [2.45, 2.75) is 6.92 Å². The second-order valence-corrected chi connectivity index (χ2v) is 7.41. The van der Waals surface area contributed by atoms with Gasteiger partial charge in [0.25, 0.3) is 11.5 Å². The van der Waals surface area contributed by atoms with Crippen molar-refractivity contribution in [2.24, 2.45) is 0 Å². The predicted octanol–water partition coefficient (Wildman–Crippen LogP) is 4.94. The minimum atomic E-state index is -0.732. The first-order chi connectivity index (χ1) is 15.4. The monoisotopic (exact) mass is 447 g/mol. The third-order valence-corrected chi connectivity index (χ3v) is 4.77. The van der Waals surface area contributed by atoms with Gasteiger partial charge in [0, 0.05) is 11.1 Å². The van der Waals surface area contributed by atoms with Crippen molar-refractivity contribution in [3.05, 3.63) is 105 Å². The molecule has 0 radical (unpaired) electrons. The van der Waals surface area contributed by atoms with Crippen molar-refractivity contribution < 1.29 is 14.6 Å². The first kappa shape index (κ1) is 21.1. The molecule has 0 aliphatic rings. The van der Waals surface area contributed by atoms with Crippen molar-refractivity contribution in [2.75, 3.05) is 5.32 Å². The van der Waals surface area contributed by atoms with Crippen LogP contribution in [0.15, 0.2) is 83.7 Å². The minimum Gasteiger partial charge on any atom is -0.505 e. The van der Waals surface area contributed by atoms with E-state index in [0.717, 1.165) is 16.3 Å². The molecule has 32 heavy (non-hydrogen) atoms. The molecule has 0 aliphatic heterocycles. The molecule has 0 spiro atoms. The van der Waals surface area contributed by atoms with Crippen molar-refractivity contribution in [3.8, 4) is 22.9 Å². The van der Waals surface area contributed by atoms with E-state index < -0.39 is 17.2 Å². The summed E-state index contributed by atoms with van der Waals surface area (Å²) >= 11 is 6.10. The van der Waals surface area contributed by atoms with Gasteiger partial charge in [-0.05, 0) is 55.0 Å². The maximum absolute atomic E-state index is 13.0. The van der Waals surface area contributed by atoms with E-state index in [1.54, 1.807) is 42.5 Å². The number of benzene rings is 3. The van der Waals surface area contributed by atoms with Crippen LogP contribution in [0.1, 0.15) is 16.1 Å². The maximum atomic E-state index is 13.0. The molecule has 1 heterocycles. The average Bonchev–Trinajstić information content (AvgIpc) is 2.76. The van der Waals surface area contributed by atoms with Crippen molar-refractivity contribution in [1.82, 2.24) is 9.78 Å². The van der Waals surface area contributed by atoms with Gasteiger partial charge in [-0.1, -0.05) is 41.9 Å². The summed E-state index contributed by atoms with van der Waals surface area (Å²) in [6.45, 7) is 1.87. The van der Waals surface area contributed by atoms with Gasteiger partial charge in [0.15, 0.2) is 17.2 Å². The highest BCUT2D eigenvalue weighted by Crippen LogP contribution is 2.32. The Hall–Kier alpha value is -4.10. The molecule has 1 aromatic heterocycles. The SMILES string of the molecule is Cc1cccc(-n2nc(C(=O)Nc3cc(Cl)ccc3Oc3ccccc3)c(O)cc2=O)c1. The van der Waals surface area contributed by atoms with Gasteiger partial charge in [0.2, 0.25) is 0 Å². The van der Waals surface area contributed by atoms with Crippen LogP contribution in [0.4, 0.5) is 5.69 Å². The number of nitrogens with one attached hydrogen (secondary N) is 1. The fourth-order valence-corrected chi connectivity index (χ4v) is 3.21. The summed E-state index contributed by atoms with van der Waals surface area (Å²) < 4.78 is 6.90. The second-order valence-electron chi connectivity index (χ2n) is 6.98. The fraction of sp³-hybridized carbons (Fsp3) is 0.0417. The number of aromatic hydroxyl groups is 1. The van der Waals surface area contributed by atoms with E-state index in [1.807, 2.05) is 31.2 Å². The van der Waals surface area contributed by atoms with Gasteiger partial charge in [-0.3, -0.25) is 9.59 Å². The van der Waals surface area contributed by atoms with Crippen molar-refractivity contribution in [1.29, 1.82) is 0 Å². The Morgan fingerprint density at radius 1 is 1.03 bits per heavy atom. The topological polar surface area (TPSA) is 93.5 Å². The fourth-order valence-electron chi connectivity index (χ4n) is 3.04. The Bertz CT molecular complexity index is 1350. The molecule has 3 aromatic carbocycles. The normalized spacial score (nSPS) is 10.6. The number of aryl methyl sites for hydroxylation is 1. The average molecular weight is 448 g/mol. The van der Waals surface area contributed by atoms with Crippen LogP contribution in [0, 0.1) is 6.92 Å². The van der Waals surface area contributed by atoms with E-state index in [0.29, 0.717) is 22.2 Å². The van der Waals surface area contributed by atoms with Crippen LogP contribution in [0.25, 0.3) is 5.69 Å². The molecule has 8 heteroatoms. The standard InChI is InChI=1S/C24H18ClN3O4/c1-15-6-5-7-17(12-15)28-22(30)14-20(29)23(27-28)24(31)26-19-13-16(25)10-11-21(19)32-18-8-3-2-4-9-18/h2-14,29H,1H3,(H,26,31). The summed E-state index contributed by atoms with van der Waals surface area (Å²) in [7, 11) is 0. The molecule has 0 bridgehead atoms. The lowest BCUT2D eigenvalue weighted by atomic mass is 10.2. The Balaban J connectivity index is 1.68. The molecule has 7 nitrogen and oxygen atoms in total. The van der Waals surface area contributed by atoms with Gasteiger partial charge in [0.05, 0.1) is 11.4 Å². The van der Waals surface area contributed by atoms with Gasteiger partial charge in [-0.15, -0.1) is 0 Å². The Labute approximate surface area is 188 Å². The molecular weight excluding hydrogens is 430 g/mol. The molecule has 0 fully saturated rings. The van der Waals surface area contributed by atoms with Crippen LogP contribution >= 0.6 is 11.6 Å². The summed E-state index contributed by atoms with van der Waals surface area (Å²) in [5, 5.41) is 17.3. The first-order valence-electron chi connectivity index (χ1n) is 9.65. The van der Waals surface area contributed by atoms with Crippen LogP contribution in [0.3, 0.4) is 0 Å². The third kappa shape index (κ3) is 4.63. The number of anilines is 1. The Morgan fingerprint density at radius 3 is 2.56 bits per heavy atom. The largest absolute Gasteiger partial charge is 0.505 e. The molecule has 160 valence electrons. The van der Waals surface area contributed by atoms with E-state index >= 15 is 0 Å². The minimum absolute atomic E-state index is 0.279. The van der Waals surface area contributed by atoms with Gasteiger partial charge >= 0.3 is 0 Å². The van der Waals surface area contributed by atoms with E-state index in [2.05, 4.69) is 10.4 Å². The number of hydrogen-bond donors (Lipinski definition) is 2. The van der Waals surface area contributed by atoms with Crippen LogP contribution in [-0.2, 0) is 0 Å². The first-order valence-corrected chi connectivity index (χ1v) is 10.0. The lowest BCUT2D eigenvalue weighted by molar-refractivity contribution is 0.101. The molecular formula is C24H18ClN3O4. The number of rotatable bonds is 5. The van der Waals surface area contributed by atoms with Crippen LogP contribution in [0.2, 0.25) is 5.02 Å². The highest BCUT2D eigenvalue weighted by Gasteiger charge is 2.19. The van der Waals surface area contributed by atoms with Gasteiger partial charge in [-0.25, -0.2) is 0 Å².